The van der Waals surface area contributed by atoms with E-state index in [0.29, 0.717) is 11.4 Å². The van der Waals surface area contributed by atoms with Crippen molar-refractivity contribution in [1.29, 1.82) is 5.41 Å². The normalized spacial score (nSPS) is 14.8. The number of rotatable bonds is 4. The fourth-order valence-electron chi connectivity index (χ4n) is 2.33. The molecule has 0 unspecified atom stereocenters. The molecule has 0 saturated carbocycles. The van der Waals surface area contributed by atoms with Crippen LogP contribution in [0.5, 0.6) is 0 Å². The van der Waals surface area contributed by atoms with Gasteiger partial charge in [0.1, 0.15) is 0 Å². The maximum Gasteiger partial charge on any atom is 0.247 e. The van der Waals surface area contributed by atoms with E-state index >= 15 is 0 Å². The minimum atomic E-state index is -0.259. The second kappa shape index (κ2) is 6.19. The van der Waals surface area contributed by atoms with Crippen LogP contribution in [0.15, 0.2) is 48.2 Å². The molecular formula is C16H19N3O. The van der Waals surface area contributed by atoms with Crippen molar-refractivity contribution in [3.63, 3.8) is 0 Å². The summed E-state index contributed by atoms with van der Waals surface area (Å²) in [5.41, 5.74) is 9.65. The first-order valence-corrected chi connectivity index (χ1v) is 6.72. The van der Waals surface area contributed by atoms with Crippen LogP contribution in [0.25, 0.3) is 0 Å². The Morgan fingerprint density at radius 2 is 2.10 bits per heavy atom. The van der Waals surface area contributed by atoms with Gasteiger partial charge in [-0.05, 0) is 49.5 Å². The Kier molecular flexibility index (Phi) is 4.35. The Morgan fingerprint density at radius 1 is 1.35 bits per heavy atom. The van der Waals surface area contributed by atoms with Crippen LogP contribution in [-0.4, -0.2) is 11.6 Å². The van der Waals surface area contributed by atoms with Gasteiger partial charge in [0, 0.05) is 16.9 Å². The Morgan fingerprint density at radius 3 is 2.80 bits per heavy atom. The first-order valence-electron chi connectivity index (χ1n) is 6.72. The fourth-order valence-corrected chi connectivity index (χ4v) is 2.33. The molecule has 1 aliphatic carbocycles. The zero-order valence-electron chi connectivity index (χ0n) is 11.4. The summed E-state index contributed by atoms with van der Waals surface area (Å²) in [4.78, 5) is 11.3. The topological polar surface area (TPSA) is 79.0 Å². The molecule has 0 aromatic heterocycles. The number of amides is 1. The van der Waals surface area contributed by atoms with Crippen molar-refractivity contribution in [3.8, 4) is 0 Å². The molecule has 20 heavy (non-hydrogen) atoms. The third kappa shape index (κ3) is 3.15. The van der Waals surface area contributed by atoms with Crippen molar-refractivity contribution in [3.05, 3.63) is 53.8 Å². The minimum Gasteiger partial charge on any atom is -0.402 e. The van der Waals surface area contributed by atoms with Crippen molar-refractivity contribution in [2.75, 3.05) is 5.32 Å². The molecular weight excluding hydrogens is 250 g/mol. The van der Waals surface area contributed by atoms with Gasteiger partial charge < -0.3 is 11.1 Å². The molecule has 0 fully saturated rings. The molecule has 4 nitrogen and oxygen atoms in total. The lowest BCUT2D eigenvalue weighted by atomic mass is 9.90. The molecule has 1 aliphatic rings. The average Bonchev–Trinajstić information content (AvgIpc) is 2.47. The molecule has 0 saturated heterocycles. The highest BCUT2D eigenvalue weighted by Gasteiger charge is 2.16. The van der Waals surface area contributed by atoms with E-state index in [1.165, 1.54) is 6.08 Å². The third-order valence-electron chi connectivity index (χ3n) is 3.42. The van der Waals surface area contributed by atoms with Crippen molar-refractivity contribution in [1.82, 2.24) is 0 Å². The van der Waals surface area contributed by atoms with Crippen LogP contribution < -0.4 is 11.1 Å². The van der Waals surface area contributed by atoms with Gasteiger partial charge in [0.05, 0.1) is 5.71 Å². The van der Waals surface area contributed by atoms with Crippen molar-refractivity contribution < 1.29 is 4.79 Å². The van der Waals surface area contributed by atoms with Gasteiger partial charge in [-0.3, -0.25) is 10.2 Å². The Hall–Kier alpha value is -2.36. The van der Waals surface area contributed by atoms with Crippen LogP contribution in [0.2, 0.25) is 0 Å². The summed E-state index contributed by atoms with van der Waals surface area (Å²) in [6, 6.07) is 7.26. The number of benzene rings is 1. The van der Waals surface area contributed by atoms with E-state index in [0.717, 1.165) is 42.5 Å². The summed E-state index contributed by atoms with van der Waals surface area (Å²) in [5, 5.41) is 11.0. The first kappa shape index (κ1) is 14.1. The van der Waals surface area contributed by atoms with Crippen LogP contribution in [0.1, 0.15) is 31.2 Å². The Balaban J connectivity index is 2.24. The van der Waals surface area contributed by atoms with Crippen molar-refractivity contribution >= 4 is 17.3 Å². The molecule has 1 aromatic rings. The second-order valence-corrected chi connectivity index (χ2v) is 4.86. The predicted molar refractivity (Wildman–Crippen MR) is 81.8 cm³/mol. The lowest BCUT2D eigenvalue weighted by molar-refractivity contribution is -0.111. The van der Waals surface area contributed by atoms with Crippen LogP contribution in [-0.2, 0) is 4.79 Å². The number of hydrogen-bond acceptors (Lipinski definition) is 3. The van der Waals surface area contributed by atoms with Gasteiger partial charge >= 0.3 is 0 Å². The maximum atomic E-state index is 11.3. The van der Waals surface area contributed by atoms with Gasteiger partial charge in [0.2, 0.25) is 5.91 Å². The smallest absolute Gasteiger partial charge is 0.247 e. The van der Waals surface area contributed by atoms with E-state index < -0.39 is 0 Å². The highest BCUT2D eigenvalue weighted by molar-refractivity contribution is 6.11. The van der Waals surface area contributed by atoms with Gasteiger partial charge in [0.25, 0.3) is 0 Å². The molecule has 0 atom stereocenters. The van der Waals surface area contributed by atoms with Crippen molar-refractivity contribution in [2.24, 2.45) is 5.73 Å². The number of nitrogens with one attached hydrogen (secondary N) is 2. The lowest BCUT2D eigenvalue weighted by Gasteiger charge is -2.18. The van der Waals surface area contributed by atoms with Crippen molar-refractivity contribution in [2.45, 2.75) is 25.7 Å². The van der Waals surface area contributed by atoms with Gasteiger partial charge in [-0.2, -0.15) is 0 Å². The van der Waals surface area contributed by atoms with E-state index in [4.69, 9.17) is 11.1 Å². The molecule has 1 aromatic carbocycles. The van der Waals surface area contributed by atoms with E-state index in [1.807, 2.05) is 12.1 Å². The Bertz CT molecular complexity index is 587. The molecule has 1 amide bonds. The number of hydrogen-bond donors (Lipinski definition) is 3. The molecule has 104 valence electrons. The summed E-state index contributed by atoms with van der Waals surface area (Å²) in [6.45, 7) is 3.42. The quantitative estimate of drug-likeness (QED) is 0.580. The fraction of sp³-hybridized carbons (Fsp3) is 0.250. The van der Waals surface area contributed by atoms with Crippen LogP contribution in [0.4, 0.5) is 5.69 Å². The summed E-state index contributed by atoms with van der Waals surface area (Å²) < 4.78 is 0. The number of allylic oxidation sites excluding steroid dienone is 2. The number of carbonyl (C=O) groups is 1. The third-order valence-corrected chi connectivity index (χ3v) is 3.42. The molecule has 4 N–H and O–H groups in total. The van der Waals surface area contributed by atoms with E-state index in [9.17, 15) is 4.79 Å². The van der Waals surface area contributed by atoms with Crippen LogP contribution >= 0.6 is 0 Å². The van der Waals surface area contributed by atoms with Crippen LogP contribution in [0, 0.1) is 5.41 Å². The second-order valence-electron chi connectivity index (χ2n) is 4.86. The molecule has 4 heteroatoms. The summed E-state index contributed by atoms with van der Waals surface area (Å²) in [6.07, 6.45) is 5.11. The lowest BCUT2D eigenvalue weighted by Crippen LogP contribution is -2.15. The minimum absolute atomic E-state index is 0.259. The summed E-state index contributed by atoms with van der Waals surface area (Å²) in [5.74, 6) is -0.259. The van der Waals surface area contributed by atoms with Gasteiger partial charge in [-0.1, -0.05) is 18.7 Å². The maximum absolute atomic E-state index is 11.3. The Labute approximate surface area is 118 Å². The van der Waals surface area contributed by atoms with E-state index in [2.05, 4.69) is 11.9 Å². The highest BCUT2D eigenvalue weighted by Crippen LogP contribution is 2.25. The van der Waals surface area contributed by atoms with E-state index in [-0.39, 0.29) is 5.91 Å². The summed E-state index contributed by atoms with van der Waals surface area (Å²) in [7, 11) is 0. The molecule has 0 aliphatic heterocycles. The zero-order valence-corrected chi connectivity index (χ0v) is 11.4. The monoisotopic (exact) mass is 269 g/mol. The number of carbonyl (C=O) groups excluding carboxylic acids is 1. The van der Waals surface area contributed by atoms with E-state index in [1.54, 1.807) is 12.1 Å². The SMILES string of the molecule is C=CC(=O)Nc1cccc(C(=N)C2=C(N)CCCC2)c1. The summed E-state index contributed by atoms with van der Waals surface area (Å²) >= 11 is 0. The molecule has 0 radical (unpaired) electrons. The molecule has 0 bridgehead atoms. The number of anilines is 1. The van der Waals surface area contributed by atoms with Gasteiger partial charge in [-0.25, -0.2) is 0 Å². The van der Waals surface area contributed by atoms with Gasteiger partial charge in [-0.15, -0.1) is 0 Å². The first-order chi connectivity index (χ1) is 9.61. The molecule has 0 heterocycles. The highest BCUT2D eigenvalue weighted by atomic mass is 16.1. The zero-order chi connectivity index (χ0) is 14.5. The number of nitrogens with two attached hydrogens (primary N) is 1. The predicted octanol–water partition coefficient (Wildman–Crippen LogP) is 2.97. The molecule has 2 rings (SSSR count). The van der Waals surface area contributed by atoms with Crippen LogP contribution in [0.3, 0.4) is 0 Å². The largest absolute Gasteiger partial charge is 0.402 e. The van der Waals surface area contributed by atoms with Gasteiger partial charge in [0.15, 0.2) is 0 Å². The molecule has 0 spiro atoms. The average molecular weight is 269 g/mol. The standard InChI is InChI=1S/C16H19N3O/c1-2-15(20)19-12-7-5-6-11(10-12)16(18)13-8-3-4-9-14(13)17/h2,5-7,10,18H,1,3-4,8-9,17H2,(H,19,20).